The number of thioether (sulfide) groups is 1. The molecule has 0 bridgehead atoms. The molecule has 1 heterocycles. The standard InChI is InChI=1S/C15H12BrN3O4S/c1-7(20)23-12-5-10(16)8(4-11(12)22-2)13-9(6-17)14(21)19-15(18-13)24-3/h4-5H,1-3H3,(H,18,19,21). The summed E-state index contributed by atoms with van der Waals surface area (Å²) in [6.07, 6.45) is 1.76. The number of methoxy groups -OCH3 is 1. The molecule has 24 heavy (non-hydrogen) atoms. The zero-order valence-corrected chi connectivity index (χ0v) is 15.4. The van der Waals surface area contributed by atoms with Gasteiger partial charge in [-0.2, -0.15) is 5.26 Å². The van der Waals surface area contributed by atoms with Crippen LogP contribution in [0.1, 0.15) is 12.5 Å². The van der Waals surface area contributed by atoms with Crippen molar-refractivity contribution in [2.24, 2.45) is 0 Å². The van der Waals surface area contributed by atoms with Gasteiger partial charge in [0.25, 0.3) is 5.56 Å². The van der Waals surface area contributed by atoms with Crippen molar-refractivity contribution in [3.63, 3.8) is 0 Å². The Labute approximate surface area is 150 Å². The van der Waals surface area contributed by atoms with Gasteiger partial charge in [0.2, 0.25) is 0 Å². The summed E-state index contributed by atoms with van der Waals surface area (Å²) in [6, 6.07) is 4.94. The second kappa shape index (κ2) is 7.51. The summed E-state index contributed by atoms with van der Waals surface area (Å²) in [4.78, 5) is 30.1. The molecule has 2 aromatic rings. The molecule has 0 aliphatic carbocycles. The van der Waals surface area contributed by atoms with E-state index in [0.29, 0.717) is 15.2 Å². The van der Waals surface area contributed by atoms with E-state index in [1.165, 1.54) is 31.9 Å². The maximum atomic E-state index is 12.1. The lowest BCUT2D eigenvalue weighted by Gasteiger charge is -2.13. The van der Waals surface area contributed by atoms with Gasteiger partial charge in [-0.25, -0.2) is 4.98 Å². The van der Waals surface area contributed by atoms with Crippen molar-refractivity contribution in [2.45, 2.75) is 12.1 Å². The van der Waals surface area contributed by atoms with Crippen molar-refractivity contribution in [1.82, 2.24) is 9.97 Å². The monoisotopic (exact) mass is 409 g/mol. The van der Waals surface area contributed by atoms with Crippen LogP contribution in [0.2, 0.25) is 0 Å². The molecule has 0 spiro atoms. The van der Waals surface area contributed by atoms with Crippen LogP contribution < -0.4 is 15.0 Å². The summed E-state index contributed by atoms with van der Waals surface area (Å²) < 4.78 is 10.8. The first-order chi connectivity index (χ1) is 11.4. The van der Waals surface area contributed by atoms with E-state index < -0.39 is 11.5 Å². The van der Waals surface area contributed by atoms with Crippen molar-refractivity contribution >= 4 is 33.7 Å². The molecule has 1 aromatic heterocycles. The minimum atomic E-state index is -0.526. The number of nitrogens with zero attached hydrogens (tertiary/aromatic N) is 2. The summed E-state index contributed by atoms with van der Waals surface area (Å²) >= 11 is 4.60. The number of nitriles is 1. The quantitative estimate of drug-likeness (QED) is 0.358. The lowest BCUT2D eigenvalue weighted by molar-refractivity contribution is -0.132. The highest BCUT2D eigenvalue weighted by Gasteiger charge is 2.19. The molecule has 0 saturated heterocycles. The van der Waals surface area contributed by atoms with Crippen LogP contribution in [0, 0.1) is 11.3 Å². The number of benzene rings is 1. The second-order valence-electron chi connectivity index (χ2n) is 4.49. The van der Waals surface area contributed by atoms with E-state index in [9.17, 15) is 14.9 Å². The fraction of sp³-hybridized carbons (Fsp3) is 0.200. The Morgan fingerprint density at radius 2 is 2.12 bits per heavy atom. The molecule has 0 saturated carbocycles. The molecule has 0 unspecified atom stereocenters. The van der Waals surface area contributed by atoms with E-state index in [-0.39, 0.29) is 22.8 Å². The largest absolute Gasteiger partial charge is 0.493 e. The van der Waals surface area contributed by atoms with Crippen molar-refractivity contribution in [1.29, 1.82) is 5.26 Å². The lowest BCUT2D eigenvalue weighted by Crippen LogP contribution is -2.14. The number of carbonyl (C=O) groups is 1. The maximum absolute atomic E-state index is 12.1. The molecule has 2 rings (SSSR count). The number of hydrogen-bond acceptors (Lipinski definition) is 7. The summed E-state index contributed by atoms with van der Waals surface area (Å²) in [6.45, 7) is 1.28. The highest BCUT2D eigenvalue weighted by atomic mass is 79.9. The molecule has 0 aliphatic rings. The van der Waals surface area contributed by atoms with Crippen molar-refractivity contribution in [3.05, 3.63) is 32.5 Å². The minimum Gasteiger partial charge on any atom is -0.493 e. The van der Waals surface area contributed by atoms with Gasteiger partial charge in [-0.15, -0.1) is 0 Å². The molecule has 1 N–H and O–H groups in total. The Morgan fingerprint density at radius 1 is 1.42 bits per heavy atom. The number of aromatic nitrogens is 2. The highest BCUT2D eigenvalue weighted by molar-refractivity contribution is 9.10. The van der Waals surface area contributed by atoms with E-state index in [2.05, 4.69) is 25.9 Å². The fourth-order valence-electron chi connectivity index (χ4n) is 1.96. The number of esters is 1. The predicted octanol–water partition coefficient (Wildman–Crippen LogP) is 2.73. The summed E-state index contributed by atoms with van der Waals surface area (Å²) in [5.41, 5.74) is 0.0448. The molecule has 9 heteroatoms. The smallest absolute Gasteiger partial charge is 0.308 e. The molecule has 0 atom stereocenters. The first-order valence-electron chi connectivity index (χ1n) is 6.56. The number of ether oxygens (including phenoxy) is 2. The third-order valence-electron chi connectivity index (χ3n) is 2.96. The van der Waals surface area contributed by atoms with Gasteiger partial charge in [0.15, 0.2) is 16.7 Å². The predicted molar refractivity (Wildman–Crippen MR) is 92.4 cm³/mol. The average Bonchev–Trinajstić information content (AvgIpc) is 2.53. The Balaban J connectivity index is 2.74. The van der Waals surface area contributed by atoms with Crippen LogP contribution in [0.3, 0.4) is 0 Å². The second-order valence-corrected chi connectivity index (χ2v) is 6.14. The summed E-state index contributed by atoms with van der Waals surface area (Å²) in [7, 11) is 1.42. The van der Waals surface area contributed by atoms with Gasteiger partial charge in [0.05, 0.1) is 12.8 Å². The summed E-state index contributed by atoms with van der Waals surface area (Å²) in [5.74, 6) is -0.00116. The van der Waals surface area contributed by atoms with Crippen LogP contribution in [0.4, 0.5) is 0 Å². The SMILES string of the molecule is COc1cc(-c2nc(SC)[nH]c(=O)c2C#N)c(Br)cc1OC(C)=O. The number of aromatic amines is 1. The van der Waals surface area contributed by atoms with Gasteiger partial charge in [-0.05, 0) is 34.3 Å². The van der Waals surface area contributed by atoms with Crippen LogP contribution in [0.25, 0.3) is 11.3 Å². The van der Waals surface area contributed by atoms with E-state index >= 15 is 0 Å². The maximum Gasteiger partial charge on any atom is 0.308 e. The number of nitrogens with one attached hydrogen (secondary N) is 1. The van der Waals surface area contributed by atoms with Crippen LogP contribution in [0.15, 0.2) is 26.6 Å². The number of carbonyl (C=O) groups excluding carboxylic acids is 1. The van der Waals surface area contributed by atoms with Gasteiger partial charge < -0.3 is 14.5 Å². The molecule has 0 fully saturated rings. The number of halogens is 1. The molecular weight excluding hydrogens is 398 g/mol. The van der Waals surface area contributed by atoms with Crippen LogP contribution in [-0.2, 0) is 4.79 Å². The highest BCUT2D eigenvalue weighted by Crippen LogP contribution is 2.38. The van der Waals surface area contributed by atoms with E-state index in [4.69, 9.17) is 9.47 Å². The lowest BCUT2D eigenvalue weighted by atomic mass is 10.1. The van der Waals surface area contributed by atoms with Gasteiger partial charge in [0.1, 0.15) is 11.6 Å². The summed E-state index contributed by atoms with van der Waals surface area (Å²) in [5, 5.41) is 9.66. The molecule has 0 aliphatic heterocycles. The zero-order chi connectivity index (χ0) is 17.9. The van der Waals surface area contributed by atoms with Crippen molar-refractivity contribution in [2.75, 3.05) is 13.4 Å². The van der Waals surface area contributed by atoms with Crippen LogP contribution >= 0.6 is 27.7 Å². The number of H-pyrrole nitrogens is 1. The fourth-order valence-corrected chi connectivity index (χ4v) is 2.85. The molecule has 1 aromatic carbocycles. The number of hydrogen-bond donors (Lipinski definition) is 1. The Kier molecular flexibility index (Phi) is 5.64. The van der Waals surface area contributed by atoms with Crippen LogP contribution in [0.5, 0.6) is 11.5 Å². The molecule has 0 amide bonds. The normalized spacial score (nSPS) is 10.1. The van der Waals surface area contributed by atoms with Crippen molar-refractivity contribution < 1.29 is 14.3 Å². The molecule has 7 nitrogen and oxygen atoms in total. The first kappa shape index (κ1) is 18.0. The third-order valence-corrected chi connectivity index (χ3v) is 4.20. The first-order valence-corrected chi connectivity index (χ1v) is 8.57. The zero-order valence-electron chi connectivity index (χ0n) is 13.0. The molecule has 0 radical (unpaired) electrons. The van der Waals surface area contributed by atoms with Gasteiger partial charge in [-0.1, -0.05) is 11.8 Å². The number of rotatable bonds is 4. The average molecular weight is 410 g/mol. The minimum absolute atomic E-state index is 0.115. The Hall–Kier alpha value is -2.31. The van der Waals surface area contributed by atoms with Gasteiger partial charge in [-0.3, -0.25) is 9.59 Å². The van der Waals surface area contributed by atoms with Crippen molar-refractivity contribution in [3.8, 4) is 28.8 Å². The van der Waals surface area contributed by atoms with Gasteiger partial charge in [0, 0.05) is 17.0 Å². The Morgan fingerprint density at radius 3 is 2.67 bits per heavy atom. The Bertz CT molecular complexity index is 905. The van der Waals surface area contributed by atoms with Gasteiger partial charge >= 0.3 is 5.97 Å². The van der Waals surface area contributed by atoms with Crippen LogP contribution in [-0.4, -0.2) is 29.3 Å². The molecular formula is C15H12BrN3O4S. The topological polar surface area (TPSA) is 105 Å². The van der Waals surface area contributed by atoms with E-state index in [1.54, 1.807) is 12.3 Å². The molecule has 124 valence electrons. The van der Waals surface area contributed by atoms with E-state index in [1.807, 2.05) is 6.07 Å². The van der Waals surface area contributed by atoms with E-state index in [0.717, 1.165) is 0 Å². The third kappa shape index (κ3) is 3.60.